The SMILES string of the molecule is CC1CCCC(NCC2CCCCC2C(=O)O)C1C. The van der Waals surface area contributed by atoms with Gasteiger partial charge in [-0.15, -0.1) is 0 Å². The smallest absolute Gasteiger partial charge is 0.306 e. The molecular formula is C16H29NO2. The van der Waals surface area contributed by atoms with E-state index in [2.05, 4.69) is 19.2 Å². The second kappa shape index (κ2) is 6.74. The maximum atomic E-state index is 11.3. The van der Waals surface area contributed by atoms with Gasteiger partial charge in [-0.25, -0.2) is 0 Å². The lowest BCUT2D eigenvalue weighted by molar-refractivity contribution is -0.144. The first-order valence-corrected chi connectivity index (χ1v) is 8.05. The molecule has 3 nitrogen and oxygen atoms in total. The molecule has 2 aliphatic carbocycles. The minimum absolute atomic E-state index is 0.113. The summed E-state index contributed by atoms with van der Waals surface area (Å²) in [6.45, 7) is 5.59. The molecule has 0 radical (unpaired) electrons. The molecule has 5 unspecified atom stereocenters. The van der Waals surface area contributed by atoms with Gasteiger partial charge in [-0.3, -0.25) is 4.79 Å². The molecule has 0 spiro atoms. The van der Waals surface area contributed by atoms with Crippen molar-refractivity contribution in [2.45, 2.75) is 64.8 Å². The molecule has 19 heavy (non-hydrogen) atoms. The Bertz CT molecular complexity index is 305. The van der Waals surface area contributed by atoms with E-state index in [1.165, 1.54) is 25.7 Å². The van der Waals surface area contributed by atoms with Crippen molar-refractivity contribution in [1.82, 2.24) is 5.32 Å². The number of hydrogen-bond donors (Lipinski definition) is 2. The van der Waals surface area contributed by atoms with Gasteiger partial charge in [0, 0.05) is 6.04 Å². The Balaban J connectivity index is 1.84. The lowest BCUT2D eigenvalue weighted by Crippen LogP contribution is -2.44. The van der Waals surface area contributed by atoms with Gasteiger partial charge in [0.05, 0.1) is 5.92 Å². The summed E-state index contributed by atoms with van der Waals surface area (Å²) < 4.78 is 0. The van der Waals surface area contributed by atoms with Gasteiger partial charge < -0.3 is 10.4 Å². The van der Waals surface area contributed by atoms with Crippen molar-refractivity contribution in [3.63, 3.8) is 0 Å². The molecule has 0 aromatic heterocycles. The highest BCUT2D eigenvalue weighted by atomic mass is 16.4. The highest BCUT2D eigenvalue weighted by Crippen LogP contribution is 2.32. The molecule has 0 aliphatic heterocycles. The number of rotatable bonds is 4. The molecule has 3 heteroatoms. The van der Waals surface area contributed by atoms with Crippen LogP contribution in [0.2, 0.25) is 0 Å². The van der Waals surface area contributed by atoms with Gasteiger partial charge >= 0.3 is 5.97 Å². The van der Waals surface area contributed by atoms with E-state index in [-0.39, 0.29) is 5.92 Å². The maximum Gasteiger partial charge on any atom is 0.306 e. The summed E-state index contributed by atoms with van der Waals surface area (Å²) in [6.07, 6.45) is 8.17. The lowest BCUT2D eigenvalue weighted by atomic mass is 9.76. The van der Waals surface area contributed by atoms with Gasteiger partial charge in [-0.1, -0.05) is 39.5 Å². The van der Waals surface area contributed by atoms with E-state index in [4.69, 9.17) is 0 Å². The van der Waals surface area contributed by atoms with Crippen LogP contribution in [0.4, 0.5) is 0 Å². The number of carbonyl (C=O) groups is 1. The first-order chi connectivity index (χ1) is 9.09. The van der Waals surface area contributed by atoms with Gasteiger partial charge in [0.15, 0.2) is 0 Å². The first kappa shape index (κ1) is 14.8. The highest BCUT2D eigenvalue weighted by molar-refractivity contribution is 5.70. The van der Waals surface area contributed by atoms with Crippen LogP contribution in [0.3, 0.4) is 0 Å². The van der Waals surface area contributed by atoms with E-state index in [1.54, 1.807) is 0 Å². The Labute approximate surface area is 117 Å². The molecule has 2 rings (SSSR count). The summed E-state index contributed by atoms with van der Waals surface area (Å²) in [5, 5.41) is 13.0. The highest BCUT2D eigenvalue weighted by Gasteiger charge is 2.32. The molecule has 2 saturated carbocycles. The third-order valence-corrected chi connectivity index (χ3v) is 5.58. The average molecular weight is 267 g/mol. The van der Waals surface area contributed by atoms with Gasteiger partial charge in [0.25, 0.3) is 0 Å². The Morgan fingerprint density at radius 2 is 1.84 bits per heavy atom. The Morgan fingerprint density at radius 1 is 1.11 bits per heavy atom. The van der Waals surface area contributed by atoms with E-state index in [0.717, 1.165) is 37.6 Å². The number of hydrogen-bond acceptors (Lipinski definition) is 2. The molecule has 0 aromatic rings. The molecule has 2 aliphatic rings. The van der Waals surface area contributed by atoms with E-state index in [0.29, 0.717) is 12.0 Å². The molecule has 2 N–H and O–H groups in total. The fourth-order valence-electron chi connectivity index (χ4n) is 3.95. The summed E-state index contributed by atoms with van der Waals surface area (Å²) >= 11 is 0. The van der Waals surface area contributed by atoms with E-state index >= 15 is 0 Å². The van der Waals surface area contributed by atoms with Crippen LogP contribution in [-0.2, 0) is 4.79 Å². The van der Waals surface area contributed by atoms with Crippen molar-refractivity contribution < 1.29 is 9.90 Å². The predicted molar refractivity (Wildman–Crippen MR) is 77.1 cm³/mol. The van der Waals surface area contributed by atoms with Crippen LogP contribution in [-0.4, -0.2) is 23.7 Å². The Hall–Kier alpha value is -0.570. The fourth-order valence-corrected chi connectivity index (χ4v) is 3.95. The van der Waals surface area contributed by atoms with Crippen LogP contribution in [0.1, 0.15) is 58.8 Å². The standard InChI is InChI=1S/C16H29NO2/c1-11-6-5-9-15(12(11)2)17-10-13-7-3-4-8-14(13)16(18)19/h11-15,17H,3-10H2,1-2H3,(H,18,19). The van der Waals surface area contributed by atoms with Crippen molar-refractivity contribution in [3.05, 3.63) is 0 Å². The van der Waals surface area contributed by atoms with Crippen LogP contribution >= 0.6 is 0 Å². The molecule has 110 valence electrons. The molecule has 2 fully saturated rings. The van der Waals surface area contributed by atoms with Gasteiger partial charge in [-0.2, -0.15) is 0 Å². The van der Waals surface area contributed by atoms with E-state index < -0.39 is 5.97 Å². The molecule has 0 amide bonds. The summed E-state index contributed by atoms with van der Waals surface area (Å²) in [5.74, 6) is 1.17. The van der Waals surface area contributed by atoms with Gasteiger partial charge in [0.1, 0.15) is 0 Å². The number of nitrogens with one attached hydrogen (secondary N) is 1. The quantitative estimate of drug-likeness (QED) is 0.821. The van der Waals surface area contributed by atoms with Crippen molar-refractivity contribution in [1.29, 1.82) is 0 Å². The topological polar surface area (TPSA) is 49.3 Å². The zero-order valence-corrected chi connectivity index (χ0v) is 12.4. The van der Waals surface area contributed by atoms with Crippen molar-refractivity contribution >= 4 is 5.97 Å². The lowest BCUT2D eigenvalue weighted by Gasteiger charge is -2.37. The summed E-state index contributed by atoms with van der Waals surface area (Å²) in [4.78, 5) is 11.3. The van der Waals surface area contributed by atoms with E-state index in [9.17, 15) is 9.90 Å². The monoisotopic (exact) mass is 267 g/mol. The number of carboxylic acids is 1. The Morgan fingerprint density at radius 3 is 2.58 bits per heavy atom. The van der Waals surface area contributed by atoms with Crippen LogP contribution in [0.15, 0.2) is 0 Å². The molecule has 0 heterocycles. The molecule has 0 saturated heterocycles. The predicted octanol–water partition coefficient (Wildman–Crippen LogP) is 3.29. The second-order valence-electron chi connectivity index (χ2n) is 6.77. The summed E-state index contributed by atoms with van der Waals surface area (Å²) in [5.41, 5.74) is 0. The molecule has 0 aromatic carbocycles. The van der Waals surface area contributed by atoms with Gasteiger partial charge in [0.2, 0.25) is 0 Å². The normalized spacial score (nSPS) is 40.0. The zero-order chi connectivity index (χ0) is 13.8. The first-order valence-electron chi connectivity index (χ1n) is 8.05. The van der Waals surface area contributed by atoms with Crippen LogP contribution < -0.4 is 5.32 Å². The molecule has 5 atom stereocenters. The number of aliphatic carboxylic acids is 1. The van der Waals surface area contributed by atoms with E-state index in [1.807, 2.05) is 0 Å². The third kappa shape index (κ3) is 3.71. The maximum absolute atomic E-state index is 11.3. The van der Waals surface area contributed by atoms with Crippen LogP contribution in [0.5, 0.6) is 0 Å². The third-order valence-electron chi connectivity index (χ3n) is 5.58. The van der Waals surface area contributed by atoms with Crippen LogP contribution in [0, 0.1) is 23.7 Å². The van der Waals surface area contributed by atoms with Crippen molar-refractivity contribution in [2.75, 3.05) is 6.54 Å². The van der Waals surface area contributed by atoms with Crippen molar-refractivity contribution in [2.24, 2.45) is 23.7 Å². The Kier molecular flexibility index (Phi) is 5.26. The molecular weight excluding hydrogens is 238 g/mol. The second-order valence-corrected chi connectivity index (χ2v) is 6.77. The minimum atomic E-state index is -0.587. The average Bonchev–Trinajstić information content (AvgIpc) is 2.40. The summed E-state index contributed by atoms with van der Waals surface area (Å²) in [7, 11) is 0. The van der Waals surface area contributed by atoms with Crippen LogP contribution in [0.25, 0.3) is 0 Å². The molecule has 0 bridgehead atoms. The number of carboxylic acid groups (broad SMARTS) is 1. The zero-order valence-electron chi connectivity index (χ0n) is 12.4. The minimum Gasteiger partial charge on any atom is -0.481 e. The largest absolute Gasteiger partial charge is 0.481 e. The van der Waals surface area contributed by atoms with Crippen molar-refractivity contribution in [3.8, 4) is 0 Å². The van der Waals surface area contributed by atoms with Gasteiger partial charge in [-0.05, 0) is 43.6 Å². The fraction of sp³-hybridized carbons (Fsp3) is 0.938. The summed E-state index contributed by atoms with van der Waals surface area (Å²) in [6, 6.07) is 0.597.